The molecule has 2 aromatic carbocycles. The normalized spacial score (nSPS) is 25.3. The fourth-order valence-electron chi connectivity index (χ4n) is 3.45. The van der Waals surface area contributed by atoms with Gasteiger partial charge in [0.1, 0.15) is 18.0 Å². The molecule has 1 aliphatic rings. The van der Waals surface area contributed by atoms with Crippen molar-refractivity contribution in [3.05, 3.63) is 59.2 Å². The van der Waals surface area contributed by atoms with Gasteiger partial charge >= 0.3 is 5.97 Å². The minimum absolute atomic E-state index is 0.206. The third-order valence-corrected chi connectivity index (χ3v) is 5.37. The predicted octanol–water partition coefficient (Wildman–Crippen LogP) is 1.76. The second kappa shape index (κ2) is 10.7. The van der Waals surface area contributed by atoms with Crippen molar-refractivity contribution in [2.75, 3.05) is 6.61 Å². The van der Waals surface area contributed by atoms with Gasteiger partial charge in [-0.2, -0.15) is 0 Å². The van der Waals surface area contributed by atoms with Gasteiger partial charge in [-0.1, -0.05) is 18.2 Å². The Hall–Kier alpha value is -3.11. The topological polar surface area (TPSA) is 146 Å². The highest BCUT2D eigenvalue weighted by Gasteiger charge is 2.45. The number of esters is 1. The summed E-state index contributed by atoms with van der Waals surface area (Å²) in [5.74, 6) is -1.18. The van der Waals surface area contributed by atoms with E-state index in [4.69, 9.17) is 14.2 Å². The number of hydrogen-bond acceptors (Lipinski definition) is 9. The Morgan fingerprint density at radius 1 is 1.03 bits per heavy atom. The van der Waals surface area contributed by atoms with Crippen LogP contribution >= 0.6 is 0 Å². The standard InChI is InChI=1S/C24H28O9/c1-13-11-16(3-6-17(13)25)9-10-31-24-22(30)21(29)23(14(2)32-24)33-20(28)8-5-15-4-7-18(26)19(27)12-15/h3-8,11-12,14,21-27,29-30H,9-10H2,1-2H3/b8-5+. The first-order valence-corrected chi connectivity index (χ1v) is 10.5. The van der Waals surface area contributed by atoms with Crippen LogP contribution in [0.1, 0.15) is 23.6 Å². The number of benzene rings is 2. The third-order valence-electron chi connectivity index (χ3n) is 5.37. The van der Waals surface area contributed by atoms with Gasteiger partial charge in [0, 0.05) is 6.08 Å². The lowest BCUT2D eigenvalue weighted by molar-refractivity contribution is -0.294. The van der Waals surface area contributed by atoms with Gasteiger partial charge in [0.05, 0.1) is 12.7 Å². The van der Waals surface area contributed by atoms with Crippen molar-refractivity contribution in [2.45, 2.75) is 51.0 Å². The monoisotopic (exact) mass is 460 g/mol. The van der Waals surface area contributed by atoms with E-state index in [1.807, 2.05) is 6.07 Å². The summed E-state index contributed by atoms with van der Waals surface area (Å²) in [5, 5.41) is 49.3. The second-order valence-corrected chi connectivity index (χ2v) is 7.92. The van der Waals surface area contributed by atoms with Crippen molar-refractivity contribution in [1.29, 1.82) is 0 Å². The summed E-state index contributed by atoms with van der Waals surface area (Å²) in [4.78, 5) is 12.2. The Balaban J connectivity index is 1.52. The van der Waals surface area contributed by atoms with E-state index in [-0.39, 0.29) is 23.9 Å². The first kappa shape index (κ1) is 24.5. The third kappa shape index (κ3) is 6.23. The average molecular weight is 460 g/mol. The molecule has 33 heavy (non-hydrogen) atoms. The van der Waals surface area contributed by atoms with Gasteiger partial charge in [0.25, 0.3) is 0 Å². The van der Waals surface area contributed by atoms with Gasteiger partial charge in [0.15, 0.2) is 23.9 Å². The SMILES string of the molecule is Cc1cc(CCOC2OC(C)C(OC(=O)/C=C/c3ccc(O)c(O)c3)C(O)C2O)ccc1O. The molecular weight excluding hydrogens is 432 g/mol. The smallest absolute Gasteiger partial charge is 0.331 e. The number of carbonyl (C=O) groups excluding carboxylic acids is 1. The molecule has 0 radical (unpaired) electrons. The lowest BCUT2D eigenvalue weighted by atomic mass is 9.99. The fraction of sp³-hybridized carbons (Fsp3) is 0.375. The second-order valence-electron chi connectivity index (χ2n) is 7.92. The summed E-state index contributed by atoms with van der Waals surface area (Å²) in [6.45, 7) is 3.59. The Kier molecular flexibility index (Phi) is 7.93. The summed E-state index contributed by atoms with van der Waals surface area (Å²) < 4.78 is 16.5. The molecule has 9 heteroatoms. The zero-order valence-corrected chi connectivity index (χ0v) is 18.3. The maximum atomic E-state index is 12.2. The van der Waals surface area contributed by atoms with Crippen LogP contribution in [0, 0.1) is 6.92 Å². The van der Waals surface area contributed by atoms with E-state index >= 15 is 0 Å². The van der Waals surface area contributed by atoms with E-state index in [0.717, 1.165) is 17.2 Å². The number of aliphatic hydroxyl groups is 2. The maximum Gasteiger partial charge on any atom is 0.331 e. The van der Waals surface area contributed by atoms with Crippen LogP contribution in [0.25, 0.3) is 6.08 Å². The van der Waals surface area contributed by atoms with Crippen molar-refractivity contribution in [3.8, 4) is 17.2 Å². The highest BCUT2D eigenvalue weighted by molar-refractivity contribution is 5.87. The van der Waals surface area contributed by atoms with Gasteiger partial charge in [-0.05, 0) is 61.2 Å². The molecule has 1 fully saturated rings. The average Bonchev–Trinajstić information content (AvgIpc) is 2.78. The molecule has 0 aliphatic carbocycles. The van der Waals surface area contributed by atoms with Crippen molar-refractivity contribution in [3.63, 3.8) is 0 Å². The number of aromatic hydroxyl groups is 3. The number of rotatable bonds is 7. The molecule has 1 saturated heterocycles. The molecule has 9 nitrogen and oxygen atoms in total. The number of phenols is 3. The van der Waals surface area contributed by atoms with E-state index in [1.165, 1.54) is 24.3 Å². The highest BCUT2D eigenvalue weighted by atomic mass is 16.7. The largest absolute Gasteiger partial charge is 0.508 e. The number of carbonyl (C=O) groups is 1. The van der Waals surface area contributed by atoms with Crippen molar-refractivity contribution in [1.82, 2.24) is 0 Å². The summed E-state index contributed by atoms with van der Waals surface area (Å²) in [5.41, 5.74) is 2.13. The first-order valence-electron chi connectivity index (χ1n) is 10.5. The summed E-state index contributed by atoms with van der Waals surface area (Å²) in [7, 11) is 0. The van der Waals surface area contributed by atoms with Crippen molar-refractivity contribution in [2.24, 2.45) is 0 Å². The molecule has 1 heterocycles. The van der Waals surface area contributed by atoms with Gasteiger partial charge in [-0.25, -0.2) is 4.79 Å². The van der Waals surface area contributed by atoms with Gasteiger partial charge in [-0.3, -0.25) is 0 Å². The Labute approximate surface area is 191 Å². The van der Waals surface area contributed by atoms with Crippen molar-refractivity contribution >= 4 is 12.0 Å². The molecule has 178 valence electrons. The molecule has 5 atom stereocenters. The van der Waals surface area contributed by atoms with E-state index < -0.39 is 36.7 Å². The lowest BCUT2D eigenvalue weighted by Gasteiger charge is -2.40. The first-order chi connectivity index (χ1) is 15.7. The van der Waals surface area contributed by atoms with Crippen LogP contribution in [-0.2, 0) is 25.4 Å². The Bertz CT molecular complexity index is 1000. The van der Waals surface area contributed by atoms with Crippen LogP contribution < -0.4 is 0 Å². The van der Waals surface area contributed by atoms with Crippen LogP contribution in [0.3, 0.4) is 0 Å². The highest BCUT2D eigenvalue weighted by Crippen LogP contribution is 2.27. The molecule has 0 saturated carbocycles. The number of aliphatic hydroxyl groups excluding tert-OH is 2. The number of aryl methyl sites for hydroxylation is 1. The minimum atomic E-state index is -1.43. The van der Waals surface area contributed by atoms with Crippen LogP contribution in [0.2, 0.25) is 0 Å². The van der Waals surface area contributed by atoms with Gasteiger partial charge < -0.3 is 39.7 Å². The summed E-state index contributed by atoms with van der Waals surface area (Å²) in [6.07, 6.45) is -2.85. The maximum absolute atomic E-state index is 12.2. The molecule has 3 rings (SSSR count). The van der Waals surface area contributed by atoms with Crippen LogP contribution in [0.4, 0.5) is 0 Å². The van der Waals surface area contributed by atoms with E-state index in [9.17, 15) is 30.3 Å². The Morgan fingerprint density at radius 2 is 1.76 bits per heavy atom. The van der Waals surface area contributed by atoms with E-state index in [0.29, 0.717) is 12.0 Å². The summed E-state index contributed by atoms with van der Waals surface area (Å²) >= 11 is 0. The van der Waals surface area contributed by atoms with Gasteiger partial charge in [-0.15, -0.1) is 0 Å². The molecular formula is C24H28O9. The number of ether oxygens (including phenoxy) is 3. The quantitative estimate of drug-likeness (QED) is 0.237. The van der Waals surface area contributed by atoms with E-state index in [2.05, 4.69) is 0 Å². The van der Waals surface area contributed by atoms with Crippen LogP contribution in [0.15, 0.2) is 42.5 Å². The lowest BCUT2D eigenvalue weighted by Crippen LogP contribution is -2.58. The fourth-order valence-corrected chi connectivity index (χ4v) is 3.45. The molecule has 0 spiro atoms. The molecule has 0 bridgehead atoms. The number of hydrogen-bond donors (Lipinski definition) is 5. The number of phenolic OH excluding ortho intramolecular Hbond substituents is 3. The molecule has 2 aromatic rings. The zero-order chi connectivity index (χ0) is 24.1. The molecule has 5 N–H and O–H groups in total. The molecule has 5 unspecified atom stereocenters. The Morgan fingerprint density at radius 3 is 2.45 bits per heavy atom. The van der Waals surface area contributed by atoms with Crippen LogP contribution in [0.5, 0.6) is 17.2 Å². The van der Waals surface area contributed by atoms with E-state index in [1.54, 1.807) is 26.0 Å². The molecule has 0 amide bonds. The van der Waals surface area contributed by atoms with Gasteiger partial charge in [0.2, 0.25) is 0 Å². The van der Waals surface area contributed by atoms with Crippen molar-refractivity contribution < 1.29 is 44.5 Å². The molecule has 1 aliphatic heterocycles. The predicted molar refractivity (Wildman–Crippen MR) is 118 cm³/mol. The summed E-state index contributed by atoms with van der Waals surface area (Å²) in [6, 6.07) is 9.23. The molecule has 0 aromatic heterocycles. The minimum Gasteiger partial charge on any atom is -0.508 e. The zero-order valence-electron chi connectivity index (χ0n) is 18.3. The van der Waals surface area contributed by atoms with Crippen LogP contribution in [-0.4, -0.2) is 68.8 Å².